The Bertz CT molecular complexity index is 439. The SMILES string of the molecule is COC(=O)C1(Cc2ccccc2)CNCCC1=O.Cl. The number of hydrogen-bond acceptors (Lipinski definition) is 4. The topological polar surface area (TPSA) is 55.4 Å². The molecule has 1 aliphatic heterocycles. The predicted octanol–water partition coefficient (Wildman–Crippen LogP) is 1.37. The first-order chi connectivity index (χ1) is 8.69. The molecule has 19 heavy (non-hydrogen) atoms. The Labute approximate surface area is 118 Å². The molecule has 1 aliphatic rings. The van der Waals surface area contributed by atoms with Crippen LogP contribution < -0.4 is 5.32 Å². The van der Waals surface area contributed by atoms with E-state index in [-0.39, 0.29) is 18.2 Å². The second-order valence-electron chi connectivity index (χ2n) is 4.59. The monoisotopic (exact) mass is 283 g/mol. The fourth-order valence-corrected chi connectivity index (χ4v) is 2.40. The Hall–Kier alpha value is -1.39. The van der Waals surface area contributed by atoms with Crippen molar-refractivity contribution in [2.75, 3.05) is 20.2 Å². The molecule has 104 valence electrons. The van der Waals surface area contributed by atoms with Gasteiger partial charge < -0.3 is 10.1 Å². The average Bonchev–Trinajstić information content (AvgIpc) is 2.41. The van der Waals surface area contributed by atoms with Crippen molar-refractivity contribution in [2.24, 2.45) is 5.41 Å². The van der Waals surface area contributed by atoms with E-state index in [4.69, 9.17) is 4.74 Å². The van der Waals surface area contributed by atoms with Gasteiger partial charge in [0.05, 0.1) is 7.11 Å². The van der Waals surface area contributed by atoms with Crippen LogP contribution in [0.1, 0.15) is 12.0 Å². The quantitative estimate of drug-likeness (QED) is 0.672. The summed E-state index contributed by atoms with van der Waals surface area (Å²) in [6, 6.07) is 9.57. The molecule has 5 heteroatoms. The third-order valence-electron chi connectivity index (χ3n) is 3.41. The number of nitrogens with one attached hydrogen (secondary N) is 1. The second kappa shape index (κ2) is 6.68. The van der Waals surface area contributed by atoms with Crippen LogP contribution in [0.5, 0.6) is 0 Å². The highest BCUT2D eigenvalue weighted by molar-refractivity contribution is 6.05. The summed E-state index contributed by atoms with van der Waals surface area (Å²) in [6.07, 6.45) is 0.772. The van der Waals surface area contributed by atoms with E-state index in [1.54, 1.807) is 0 Å². The van der Waals surface area contributed by atoms with Crippen molar-refractivity contribution < 1.29 is 14.3 Å². The van der Waals surface area contributed by atoms with Crippen LogP contribution in [0.2, 0.25) is 0 Å². The molecule has 0 bridgehead atoms. The Kier molecular flexibility index (Phi) is 5.51. The van der Waals surface area contributed by atoms with Gasteiger partial charge in [0.2, 0.25) is 0 Å². The van der Waals surface area contributed by atoms with Crippen LogP contribution in [-0.4, -0.2) is 32.0 Å². The number of benzene rings is 1. The fourth-order valence-electron chi connectivity index (χ4n) is 2.40. The molecule has 1 unspecified atom stereocenters. The molecule has 1 fully saturated rings. The number of methoxy groups -OCH3 is 1. The molecular formula is C14H18ClNO3. The number of ketones is 1. The van der Waals surface area contributed by atoms with Crippen LogP contribution in [0.15, 0.2) is 30.3 Å². The van der Waals surface area contributed by atoms with E-state index < -0.39 is 11.4 Å². The first-order valence-electron chi connectivity index (χ1n) is 6.05. The predicted molar refractivity (Wildman–Crippen MR) is 74.3 cm³/mol. The van der Waals surface area contributed by atoms with E-state index in [1.165, 1.54) is 7.11 Å². The maximum absolute atomic E-state index is 12.2. The first-order valence-corrected chi connectivity index (χ1v) is 6.05. The van der Waals surface area contributed by atoms with Crippen molar-refractivity contribution in [3.63, 3.8) is 0 Å². The summed E-state index contributed by atoms with van der Waals surface area (Å²) >= 11 is 0. The fraction of sp³-hybridized carbons (Fsp3) is 0.429. The zero-order valence-corrected chi connectivity index (χ0v) is 11.7. The number of hydrogen-bond donors (Lipinski definition) is 1. The highest BCUT2D eigenvalue weighted by Crippen LogP contribution is 2.29. The molecule has 1 saturated heterocycles. The first kappa shape index (κ1) is 15.7. The molecule has 1 atom stereocenters. The number of ether oxygens (including phenoxy) is 1. The number of esters is 1. The summed E-state index contributed by atoms with van der Waals surface area (Å²) in [5.41, 5.74) is -0.0890. The lowest BCUT2D eigenvalue weighted by atomic mass is 9.74. The van der Waals surface area contributed by atoms with E-state index in [0.717, 1.165) is 5.56 Å². The highest BCUT2D eigenvalue weighted by Gasteiger charge is 2.47. The lowest BCUT2D eigenvalue weighted by molar-refractivity contribution is -0.159. The Morgan fingerprint density at radius 3 is 2.63 bits per heavy atom. The van der Waals surface area contributed by atoms with Crippen LogP contribution in [0.3, 0.4) is 0 Å². The van der Waals surface area contributed by atoms with E-state index >= 15 is 0 Å². The van der Waals surface area contributed by atoms with Gasteiger partial charge in [0.25, 0.3) is 0 Å². The molecule has 0 aliphatic carbocycles. The second-order valence-corrected chi connectivity index (χ2v) is 4.59. The van der Waals surface area contributed by atoms with E-state index in [1.807, 2.05) is 30.3 Å². The minimum atomic E-state index is -1.06. The summed E-state index contributed by atoms with van der Waals surface area (Å²) in [5.74, 6) is -0.472. The number of carbonyl (C=O) groups excluding carboxylic acids is 2. The number of rotatable bonds is 3. The van der Waals surface area contributed by atoms with Crippen LogP contribution in [0, 0.1) is 5.41 Å². The molecule has 1 N–H and O–H groups in total. The van der Waals surface area contributed by atoms with Crippen molar-refractivity contribution in [1.29, 1.82) is 0 Å². The van der Waals surface area contributed by atoms with E-state index in [2.05, 4.69) is 5.32 Å². The molecule has 0 saturated carbocycles. The molecule has 1 aromatic rings. The Morgan fingerprint density at radius 2 is 2.05 bits per heavy atom. The maximum Gasteiger partial charge on any atom is 0.321 e. The summed E-state index contributed by atoms with van der Waals surface area (Å²) in [6.45, 7) is 0.986. The molecule has 0 radical (unpaired) electrons. The Balaban J connectivity index is 0.00000180. The summed E-state index contributed by atoms with van der Waals surface area (Å²) in [4.78, 5) is 24.2. The molecule has 4 nitrogen and oxygen atoms in total. The van der Waals surface area contributed by atoms with Crippen molar-refractivity contribution >= 4 is 24.2 Å². The van der Waals surface area contributed by atoms with Gasteiger partial charge >= 0.3 is 5.97 Å². The van der Waals surface area contributed by atoms with E-state index in [9.17, 15) is 9.59 Å². The molecule has 2 rings (SSSR count). The standard InChI is InChI=1S/C14H17NO3.ClH/c1-18-13(17)14(10-15-8-7-12(14)16)9-11-5-3-2-4-6-11;/h2-6,15H,7-10H2,1H3;1H. The van der Waals surface area contributed by atoms with Gasteiger partial charge in [-0.2, -0.15) is 0 Å². The lowest BCUT2D eigenvalue weighted by Crippen LogP contribution is -2.54. The van der Waals surface area contributed by atoms with Gasteiger partial charge in [0.15, 0.2) is 5.78 Å². The zero-order chi connectivity index (χ0) is 13.0. The van der Waals surface area contributed by atoms with Crippen molar-refractivity contribution in [2.45, 2.75) is 12.8 Å². The molecule has 1 aromatic carbocycles. The van der Waals surface area contributed by atoms with Gasteiger partial charge in [0, 0.05) is 19.5 Å². The molecule has 0 aromatic heterocycles. The van der Waals surface area contributed by atoms with Crippen LogP contribution in [-0.2, 0) is 20.7 Å². The molecule has 1 heterocycles. The summed E-state index contributed by atoms with van der Waals surface area (Å²) in [5, 5.41) is 3.12. The van der Waals surface area contributed by atoms with Crippen molar-refractivity contribution in [3.8, 4) is 0 Å². The van der Waals surface area contributed by atoms with Crippen molar-refractivity contribution in [3.05, 3.63) is 35.9 Å². The van der Waals surface area contributed by atoms with Gasteiger partial charge in [-0.25, -0.2) is 0 Å². The zero-order valence-electron chi connectivity index (χ0n) is 10.8. The van der Waals surface area contributed by atoms with Crippen molar-refractivity contribution in [1.82, 2.24) is 5.32 Å². The number of halogens is 1. The van der Waals surface area contributed by atoms with Crippen LogP contribution >= 0.6 is 12.4 Å². The summed E-state index contributed by atoms with van der Waals surface area (Å²) < 4.78 is 4.84. The third kappa shape index (κ3) is 3.14. The minimum absolute atomic E-state index is 0. The van der Waals surface area contributed by atoms with Gasteiger partial charge in [-0.15, -0.1) is 12.4 Å². The molecule has 0 amide bonds. The van der Waals surface area contributed by atoms with E-state index in [0.29, 0.717) is 25.9 Å². The number of carbonyl (C=O) groups is 2. The third-order valence-corrected chi connectivity index (χ3v) is 3.41. The number of piperidine rings is 1. The van der Waals surface area contributed by atoms with Crippen LogP contribution in [0.4, 0.5) is 0 Å². The van der Waals surface area contributed by atoms with Gasteiger partial charge in [-0.05, 0) is 12.0 Å². The smallest absolute Gasteiger partial charge is 0.321 e. The molecule has 0 spiro atoms. The number of Topliss-reactive ketones (excluding diaryl/α,β-unsaturated/α-hetero) is 1. The van der Waals surface area contributed by atoms with Gasteiger partial charge in [-0.3, -0.25) is 9.59 Å². The minimum Gasteiger partial charge on any atom is -0.468 e. The van der Waals surface area contributed by atoms with Gasteiger partial charge in [0.1, 0.15) is 5.41 Å². The normalized spacial score (nSPS) is 22.5. The largest absolute Gasteiger partial charge is 0.468 e. The maximum atomic E-state index is 12.2. The molecular weight excluding hydrogens is 266 g/mol. The summed E-state index contributed by atoms with van der Waals surface area (Å²) in [7, 11) is 1.33. The van der Waals surface area contributed by atoms with Crippen LogP contribution in [0.25, 0.3) is 0 Å². The highest BCUT2D eigenvalue weighted by atomic mass is 35.5. The average molecular weight is 284 g/mol. The Morgan fingerprint density at radius 1 is 1.37 bits per heavy atom. The lowest BCUT2D eigenvalue weighted by Gasteiger charge is -2.33. The van der Waals surface area contributed by atoms with Gasteiger partial charge in [-0.1, -0.05) is 30.3 Å².